The molecular formula is C14H12FN3. The van der Waals surface area contributed by atoms with Crippen LogP contribution in [0.2, 0.25) is 0 Å². The second kappa shape index (κ2) is 5.30. The molecule has 0 unspecified atom stereocenters. The molecule has 0 saturated heterocycles. The fraction of sp³-hybridized carbons (Fsp3) is 0.0714. The molecule has 90 valence electrons. The SMILES string of the molecule is N#Cc1cccc(F)c1Nc1ccc(CN)cc1. The molecule has 18 heavy (non-hydrogen) atoms. The lowest BCUT2D eigenvalue weighted by Gasteiger charge is -2.09. The average Bonchev–Trinajstić information content (AvgIpc) is 2.42. The highest BCUT2D eigenvalue weighted by molar-refractivity contribution is 5.67. The summed E-state index contributed by atoms with van der Waals surface area (Å²) in [7, 11) is 0. The number of halogens is 1. The molecule has 0 amide bonds. The van der Waals surface area contributed by atoms with Crippen LogP contribution in [0.15, 0.2) is 42.5 Å². The summed E-state index contributed by atoms with van der Waals surface area (Å²) >= 11 is 0. The Kier molecular flexibility index (Phi) is 3.56. The molecule has 0 bridgehead atoms. The molecule has 3 N–H and O–H groups in total. The van der Waals surface area contributed by atoms with Crippen LogP contribution < -0.4 is 11.1 Å². The minimum atomic E-state index is -0.447. The lowest BCUT2D eigenvalue weighted by molar-refractivity contribution is 0.631. The summed E-state index contributed by atoms with van der Waals surface area (Å²) in [6.07, 6.45) is 0. The van der Waals surface area contributed by atoms with Gasteiger partial charge in [0.05, 0.1) is 11.3 Å². The van der Waals surface area contributed by atoms with Crippen LogP contribution in [0.25, 0.3) is 0 Å². The monoisotopic (exact) mass is 241 g/mol. The maximum Gasteiger partial charge on any atom is 0.147 e. The summed E-state index contributed by atoms with van der Waals surface area (Å²) in [6.45, 7) is 0.462. The van der Waals surface area contributed by atoms with Crippen LogP contribution in [-0.2, 0) is 6.54 Å². The zero-order valence-electron chi connectivity index (χ0n) is 9.65. The Morgan fingerprint density at radius 3 is 2.50 bits per heavy atom. The van der Waals surface area contributed by atoms with Gasteiger partial charge in [-0.25, -0.2) is 4.39 Å². The molecule has 0 atom stereocenters. The first-order valence-electron chi connectivity index (χ1n) is 5.49. The minimum Gasteiger partial charge on any atom is -0.352 e. The van der Waals surface area contributed by atoms with Crippen LogP contribution in [0.4, 0.5) is 15.8 Å². The van der Waals surface area contributed by atoms with E-state index in [4.69, 9.17) is 11.0 Å². The molecule has 0 aliphatic carbocycles. The minimum absolute atomic E-state index is 0.195. The van der Waals surface area contributed by atoms with E-state index in [9.17, 15) is 4.39 Å². The van der Waals surface area contributed by atoms with Crippen molar-refractivity contribution in [3.05, 3.63) is 59.4 Å². The van der Waals surface area contributed by atoms with Crippen molar-refractivity contribution in [3.63, 3.8) is 0 Å². The summed E-state index contributed by atoms with van der Waals surface area (Å²) in [6, 6.07) is 13.7. The van der Waals surface area contributed by atoms with Crippen LogP contribution in [0.1, 0.15) is 11.1 Å². The Morgan fingerprint density at radius 1 is 1.17 bits per heavy atom. The van der Waals surface area contributed by atoms with Gasteiger partial charge in [0.15, 0.2) is 0 Å². The number of nitriles is 1. The van der Waals surface area contributed by atoms with Crippen LogP contribution in [0.3, 0.4) is 0 Å². The van der Waals surface area contributed by atoms with Crippen molar-refractivity contribution in [3.8, 4) is 6.07 Å². The van der Waals surface area contributed by atoms with Gasteiger partial charge in [0.25, 0.3) is 0 Å². The number of anilines is 2. The van der Waals surface area contributed by atoms with E-state index < -0.39 is 5.82 Å². The van der Waals surface area contributed by atoms with Crippen molar-refractivity contribution in [1.29, 1.82) is 5.26 Å². The summed E-state index contributed by atoms with van der Waals surface area (Å²) in [5.74, 6) is -0.447. The molecule has 0 spiro atoms. The van der Waals surface area contributed by atoms with Crippen molar-refractivity contribution in [2.75, 3.05) is 5.32 Å². The summed E-state index contributed by atoms with van der Waals surface area (Å²) in [5, 5.41) is 11.8. The van der Waals surface area contributed by atoms with Gasteiger partial charge in [0.1, 0.15) is 11.9 Å². The van der Waals surface area contributed by atoms with Crippen LogP contribution in [0, 0.1) is 17.1 Å². The molecule has 0 radical (unpaired) electrons. The van der Waals surface area contributed by atoms with E-state index in [2.05, 4.69) is 5.32 Å². The summed E-state index contributed by atoms with van der Waals surface area (Å²) in [4.78, 5) is 0. The molecule has 0 heterocycles. The van der Waals surface area contributed by atoms with Crippen molar-refractivity contribution >= 4 is 11.4 Å². The van der Waals surface area contributed by atoms with Crippen LogP contribution in [0.5, 0.6) is 0 Å². The largest absolute Gasteiger partial charge is 0.352 e. The maximum absolute atomic E-state index is 13.6. The number of rotatable bonds is 3. The molecule has 0 aromatic heterocycles. The van der Waals surface area contributed by atoms with Crippen molar-refractivity contribution in [2.45, 2.75) is 6.54 Å². The van der Waals surface area contributed by atoms with E-state index in [1.54, 1.807) is 18.2 Å². The molecule has 0 fully saturated rings. The van der Waals surface area contributed by atoms with E-state index in [0.29, 0.717) is 12.2 Å². The van der Waals surface area contributed by atoms with Gasteiger partial charge < -0.3 is 11.1 Å². The summed E-state index contributed by atoms with van der Waals surface area (Å²) in [5.41, 5.74) is 7.68. The van der Waals surface area contributed by atoms with Crippen molar-refractivity contribution in [2.24, 2.45) is 5.73 Å². The van der Waals surface area contributed by atoms with Gasteiger partial charge in [-0.05, 0) is 29.8 Å². The Hall–Kier alpha value is -2.38. The molecule has 3 nitrogen and oxygen atoms in total. The van der Waals surface area contributed by atoms with E-state index in [1.165, 1.54) is 12.1 Å². The molecule has 0 aliphatic heterocycles. The van der Waals surface area contributed by atoms with E-state index in [1.807, 2.05) is 18.2 Å². The zero-order chi connectivity index (χ0) is 13.0. The van der Waals surface area contributed by atoms with Crippen LogP contribution >= 0.6 is 0 Å². The first-order valence-corrected chi connectivity index (χ1v) is 5.49. The van der Waals surface area contributed by atoms with E-state index >= 15 is 0 Å². The lowest BCUT2D eigenvalue weighted by Crippen LogP contribution is -1.99. The number of nitrogens with one attached hydrogen (secondary N) is 1. The number of nitrogens with zero attached hydrogens (tertiary/aromatic N) is 1. The van der Waals surface area contributed by atoms with Gasteiger partial charge in [-0.15, -0.1) is 0 Å². The third kappa shape index (κ3) is 2.47. The summed E-state index contributed by atoms with van der Waals surface area (Å²) < 4.78 is 13.6. The Balaban J connectivity index is 2.31. The number of hydrogen-bond acceptors (Lipinski definition) is 3. The number of nitrogens with two attached hydrogens (primary N) is 1. The van der Waals surface area contributed by atoms with Crippen molar-refractivity contribution < 1.29 is 4.39 Å². The predicted octanol–water partition coefficient (Wildman–Crippen LogP) is 2.90. The molecule has 4 heteroatoms. The highest BCUT2D eigenvalue weighted by Gasteiger charge is 2.07. The highest BCUT2D eigenvalue weighted by Crippen LogP contribution is 2.23. The van der Waals surface area contributed by atoms with Gasteiger partial charge in [-0.3, -0.25) is 0 Å². The predicted molar refractivity (Wildman–Crippen MR) is 68.7 cm³/mol. The normalized spacial score (nSPS) is 9.83. The molecule has 2 rings (SSSR count). The molecular weight excluding hydrogens is 229 g/mol. The molecule has 2 aromatic rings. The molecule has 0 saturated carbocycles. The average molecular weight is 241 g/mol. The standard InChI is InChI=1S/C14H12FN3/c15-13-3-1-2-11(9-17)14(13)18-12-6-4-10(8-16)5-7-12/h1-7,18H,8,16H2. The van der Waals surface area contributed by atoms with Gasteiger partial charge >= 0.3 is 0 Å². The number of benzene rings is 2. The second-order valence-corrected chi connectivity index (χ2v) is 3.80. The topological polar surface area (TPSA) is 61.8 Å². The first-order chi connectivity index (χ1) is 8.74. The van der Waals surface area contributed by atoms with E-state index in [-0.39, 0.29) is 11.3 Å². The fourth-order valence-corrected chi connectivity index (χ4v) is 1.61. The third-order valence-electron chi connectivity index (χ3n) is 2.59. The molecule has 0 aliphatic rings. The smallest absolute Gasteiger partial charge is 0.147 e. The van der Waals surface area contributed by atoms with Crippen LogP contribution in [-0.4, -0.2) is 0 Å². The zero-order valence-corrected chi connectivity index (χ0v) is 9.65. The Morgan fingerprint density at radius 2 is 1.89 bits per heavy atom. The van der Waals surface area contributed by atoms with Gasteiger partial charge in [0, 0.05) is 12.2 Å². The molecule has 2 aromatic carbocycles. The second-order valence-electron chi connectivity index (χ2n) is 3.80. The van der Waals surface area contributed by atoms with Crippen molar-refractivity contribution in [1.82, 2.24) is 0 Å². The number of hydrogen-bond donors (Lipinski definition) is 2. The quantitative estimate of drug-likeness (QED) is 0.868. The lowest BCUT2D eigenvalue weighted by atomic mass is 10.1. The third-order valence-corrected chi connectivity index (χ3v) is 2.59. The van der Waals surface area contributed by atoms with Gasteiger partial charge in [-0.1, -0.05) is 18.2 Å². The fourth-order valence-electron chi connectivity index (χ4n) is 1.61. The Bertz CT molecular complexity index is 585. The number of para-hydroxylation sites is 1. The highest BCUT2D eigenvalue weighted by atomic mass is 19.1. The maximum atomic E-state index is 13.6. The van der Waals surface area contributed by atoms with Gasteiger partial charge in [0.2, 0.25) is 0 Å². The van der Waals surface area contributed by atoms with E-state index in [0.717, 1.165) is 5.56 Å². The first kappa shape index (κ1) is 12.1. The van der Waals surface area contributed by atoms with Gasteiger partial charge in [-0.2, -0.15) is 5.26 Å². The Labute approximate surface area is 105 Å².